The Hall–Kier alpha value is -0.550. The molecule has 72 valence electrons. The van der Waals surface area contributed by atoms with Gasteiger partial charge in [-0.2, -0.15) is 0 Å². The van der Waals surface area contributed by atoms with Crippen LogP contribution in [0, 0.1) is 6.92 Å². The summed E-state index contributed by atoms with van der Waals surface area (Å²) in [5, 5.41) is 4.73. The van der Waals surface area contributed by atoms with Crippen molar-refractivity contribution in [2.45, 2.75) is 18.2 Å². The minimum absolute atomic E-state index is 0.0698. The van der Waals surface area contributed by atoms with E-state index in [9.17, 15) is 4.79 Å². The molecule has 0 fully saturated rings. The summed E-state index contributed by atoms with van der Waals surface area (Å²) < 4.78 is 0.962. The Morgan fingerprint density at radius 1 is 1.77 bits per heavy atom. The van der Waals surface area contributed by atoms with Gasteiger partial charge in [-0.1, -0.05) is 11.8 Å². The maximum atomic E-state index is 11.1. The molecule has 1 aromatic rings. The molecule has 0 aromatic carbocycles. The van der Waals surface area contributed by atoms with Crippen molar-refractivity contribution in [2.24, 2.45) is 0 Å². The van der Waals surface area contributed by atoms with Crippen molar-refractivity contribution in [1.29, 1.82) is 0 Å². The third-order valence-corrected chi connectivity index (χ3v) is 3.44. The molecule has 3 nitrogen and oxygen atoms in total. The summed E-state index contributed by atoms with van der Waals surface area (Å²) in [6.07, 6.45) is 0. The van der Waals surface area contributed by atoms with E-state index in [1.807, 2.05) is 19.2 Å². The molecular weight excluding hydrogens is 204 g/mol. The summed E-state index contributed by atoms with van der Waals surface area (Å²) in [5.41, 5.74) is 1.02. The lowest BCUT2D eigenvalue weighted by molar-refractivity contribution is -0.118. The quantitative estimate of drug-likeness (QED) is 0.779. The number of carbonyl (C=O) groups is 1. The van der Waals surface area contributed by atoms with Gasteiger partial charge in [-0.25, -0.2) is 4.98 Å². The van der Waals surface area contributed by atoms with Crippen LogP contribution in [-0.4, -0.2) is 23.2 Å². The Morgan fingerprint density at radius 3 is 3.08 bits per heavy atom. The van der Waals surface area contributed by atoms with Crippen LogP contribution in [0.1, 0.15) is 12.6 Å². The Labute approximate surface area is 86.0 Å². The third-order valence-electron chi connectivity index (χ3n) is 1.30. The summed E-state index contributed by atoms with van der Waals surface area (Å²) in [7, 11) is 0. The number of carbonyl (C=O) groups excluding carboxylic acids is 1. The zero-order valence-corrected chi connectivity index (χ0v) is 9.30. The summed E-state index contributed by atoms with van der Waals surface area (Å²) in [6.45, 7) is 4.55. The Bertz CT molecular complexity index is 285. The van der Waals surface area contributed by atoms with Gasteiger partial charge in [0.05, 0.1) is 5.75 Å². The van der Waals surface area contributed by atoms with Gasteiger partial charge in [-0.05, 0) is 13.8 Å². The standard InChI is InChI=1S/C8H12N2OS2/c1-3-9-7(11)5-13-8-10-6(2)4-12-8/h4H,3,5H2,1-2H3,(H,9,11). The molecule has 0 saturated heterocycles. The van der Waals surface area contributed by atoms with Crippen LogP contribution < -0.4 is 5.32 Å². The number of hydrogen-bond donors (Lipinski definition) is 1. The summed E-state index contributed by atoms with van der Waals surface area (Å²) in [4.78, 5) is 15.3. The van der Waals surface area contributed by atoms with E-state index in [1.54, 1.807) is 11.3 Å². The van der Waals surface area contributed by atoms with Crippen molar-refractivity contribution in [1.82, 2.24) is 10.3 Å². The van der Waals surface area contributed by atoms with Gasteiger partial charge in [-0.3, -0.25) is 4.79 Å². The maximum Gasteiger partial charge on any atom is 0.230 e. The Kier molecular flexibility index (Phi) is 4.24. The van der Waals surface area contributed by atoms with Crippen LogP contribution >= 0.6 is 23.1 Å². The molecule has 5 heteroatoms. The predicted octanol–water partition coefficient (Wildman–Crippen LogP) is 1.68. The highest BCUT2D eigenvalue weighted by atomic mass is 32.2. The first kappa shape index (κ1) is 10.5. The van der Waals surface area contributed by atoms with Gasteiger partial charge in [0.25, 0.3) is 0 Å². The normalized spacial score (nSPS) is 10.0. The van der Waals surface area contributed by atoms with Crippen LogP contribution in [0.4, 0.5) is 0 Å². The lowest BCUT2D eigenvalue weighted by Gasteiger charge is -1.98. The predicted molar refractivity (Wildman–Crippen MR) is 56.3 cm³/mol. The molecule has 0 aliphatic heterocycles. The van der Waals surface area contributed by atoms with E-state index in [0.717, 1.165) is 10.0 Å². The average Bonchev–Trinajstić information content (AvgIpc) is 2.49. The van der Waals surface area contributed by atoms with Gasteiger partial charge >= 0.3 is 0 Å². The van der Waals surface area contributed by atoms with Crippen LogP contribution in [0.2, 0.25) is 0 Å². The average molecular weight is 216 g/mol. The highest BCUT2D eigenvalue weighted by molar-refractivity contribution is 8.01. The Morgan fingerprint density at radius 2 is 2.54 bits per heavy atom. The number of nitrogens with one attached hydrogen (secondary N) is 1. The number of thiazole rings is 1. The lowest BCUT2D eigenvalue weighted by atomic mass is 10.6. The second-order valence-electron chi connectivity index (χ2n) is 2.50. The zero-order valence-electron chi connectivity index (χ0n) is 7.66. The van der Waals surface area contributed by atoms with Crippen LogP contribution in [0.25, 0.3) is 0 Å². The minimum atomic E-state index is 0.0698. The largest absolute Gasteiger partial charge is 0.356 e. The molecule has 1 aromatic heterocycles. The first-order valence-electron chi connectivity index (χ1n) is 4.04. The van der Waals surface area contributed by atoms with Crippen molar-refractivity contribution in [3.8, 4) is 0 Å². The lowest BCUT2D eigenvalue weighted by Crippen LogP contribution is -2.24. The number of rotatable bonds is 4. The van der Waals surface area contributed by atoms with E-state index in [2.05, 4.69) is 10.3 Å². The first-order valence-corrected chi connectivity index (χ1v) is 5.90. The van der Waals surface area contributed by atoms with E-state index in [-0.39, 0.29) is 5.91 Å². The van der Waals surface area contributed by atoms with Gasteiger partial charge in [-0.15, -0.1) is 11.3 Å². The third kappa shape index (κ3) is 3.78. The fourth-order valence-electron chi connectivity index (χ4n) is 0.774. The zero-order chi connectivity index (χ0) is 9.68. The SMILES string of the molecule is CCNC(=O)CSc1nc(C)cs1. The molecule has 0 aliphatic carbocycles. The second kappa shape index (κ2) is 5.24. The molecule has 0 spiro atoms. The minimum Gasteiger partial charge on any atom is -0.356 e. The fraction of sp³-hybridized carbons (Fsp3) is 0.500. The van der Waals surface area contributed by atoms with E-state index >= 15 is 0 Å². The van der Waals surface area contributed by atoms with Gasteiger partial charge in [0.2, 0.25) is 5.91 Å². The van der Waals surface area contributed by atoms with Gasteiger partial charge in [0.15, 0.2) is 4.34 Å². The van der Waals surface area contributed by atoms with E-state index in [0.29, 0.717) is 12.3 Å². The molecule has 0 aliphatic rings. The number of thioether (sulfide) groups is 1. The monoisotopic (exact) mass is 216 g/mol. The second-order valence-corrected chi connectivity index (χ2v) is 4.58. The van der Waals surface area contributed by atoms with Crippen molar-refractivity contribution < 1.29 is 4.79 Å². The van der Waals surface area contributed by atoms with Gasteiger partial charge in [0, 0.05) is 17.6 Å². The van der Waals surface area contributed by atoms with Gasteiger partial charge in [0.1, 0.15) is 0 Å². The topological polar surface area (TPSA) is 42.0 Å². The summed E-state index contributed by atoms with van der Waals surface area (Å²) in [5.74, 6) is 0.529. The molecule has 13 heavy (non-hydrogen) atoms. The molecule has 1 amide bonds. The molecule has 0 bridgehead atoms. The molecule has 0 unspecified atom stereocenters. The van der Waals surface area contributed by atoms with Crippen molar-refractivity contribution >= 4 is 29.0 Å². The van der Waals surface area contributed by atoms with Gasteiger partial charge < -0.3 is 5.32 Å². The molecule has 1 N–H and O–H groups in total. The van der Waals surface area contributed by atoms with E-state index in [1.165, 1.54) is 11.8 Å². The molecule has 1 rings (SSSR count). The van der Waals surface area contributed by atoms with E-state index < -0.39 is 0 Å². The van der Waals surface area contributed by atoms with Crippen LogP contribution in [-0.2, 0) is 4.79 Å². The highest BCUT2D eigenvalue weighted by Gasteiger charge is 2.03. The molecule has 0 atom stereocenters. The van der Waals surface area contributed by atoms with Crippen LogP contribution in [0.3, 0.4) is 0 Å². The van der Waals surface area contributed by atoms with Crippen molar-refractivity contribution in [2.75, 3.05) is 12.3 Å². The number of aromatic nitrogens is 1. The molecule has 0 radical (unpaired) electrons. The number of hydrogen-bond acceptors (Lipinski definition) is 4. The van der Waals surface area contributed by atoms with Crippen molar-refractivity contribution in [3.63, 3.8) is 0 Å². The summed E-state index contributed by atoms with van der Waals surface area (Å²) in [6, 6.07) is 0. The number of nitrogens with zero attached hydrogens (tertiary/aromatic N) is 1. The smallest absolute Gasteiger partial charge is 0.230 e. The summed E-state index contributed by atoms with van der Waals surface area (Å²) >= 11 is 3.07. The Balaban J connectivity index is 2.30. The molecule has 0 saturated carbocycles. The fourth-order valence-corrected chi connectivity index (χ4v) is 2.45. The van der Waals surface area contributed by atoms with Crippen LogP contribution in [0.15, 0.2) is 9.72 Å². The maximum absolute atomic E-state index is 11.1. The highest BCUT2D eigenvalue weighted by Crippen LogP contribution is 2.21. The molecule has 1 heterocycles. The molecular formula is C8H12N2OS2. The van der Waals surface area contributed by atoms with Crippen molar-refractivity contribution in [3.05, 3.63) is 11.1 Å². The first-order chi connectivity index (χ1) is 6.22. The number of aryl methyl sites for hydroxylation is 1. The van der Waals surface area contributed by atoms with E-state index in [4.69, 9.17) is 0 Å². The number of amides is 1. The van der Waals surface area contributed by atoms with Crippen LogP contribution in [0.5, 0.6) is 0 Å².